The molecule has 0 saturated heterocycles. The summed E-state index contributed by atoms with van der Waals surface area (Å²) >= 11 is 0. The molecule has 16 heavy (non-hydrogen) atoms. The predicted octanol–water partition coefficient (Wildman–Crippen LogP) is 3.40. The first-order chi connectivity index (χ1) is 7.66. The molecule has 0 heterocycles. The average molecular weight is 216 g/mol. The minimum absolute atomic E-state index is 0.168. The normalized spacial score (nSPS) is 31.6. The molecule has 0 radical (unpaired) electrons. The van der Waals surface area contributed by atoms with Crippen molar-refractivity contribution in [1.29, 1.82) is 0 Å². The van der Waals surface area contributed by atoms with E-state index in [1.54, 1.807) is 0 Å². The Morgan fingerprint density at radius 3 is 2.50 bits per heavy atom. The van der Waals surface area contributed by atoms with Gasteiger partial charge in [0.15, 0.2) is 0 Å². The fraction of sp³-hybridized carbons (Fsp3) is 0.600. The Kier molecular flexibility index (Phi) is 2.16. The largest absolute Gasteiger partial charge is 0.385 e. The van der Waals surface area contributed by atoms with Gasteiger partial charge < -0.3 is 5.11 Å². The fourth-order valence-electron chi connectivity index (χ4n) is 3.90. The highest BCUT2D eigenvalue weighted by Gasteiger charge is 2.51. The van der Waals surface area contributed by atoms with Crippen LogP contribution in [0.4, 0.5) is 0 Å². The molecule has 86 valence electrons. The molecule has 1 aromatic rings. The van der Waals surface area contributed by atoms with Gasteiger partial charge in [-0.05, 0) is 43.7 Å². The highest BCUT2D eigenvalue weighted by atomic mass is 16.3. The van der Waals surface area contributed by atoms with E-state index < -0.39 is 5.60 Å². The molecule has 1 aromatic carbocycles. The summed E-state index contributed by atoms with van der Waals surface area (Å²) in [4.78, 5) is 0. The summed E-state index contributed by atoms with van der Waals surface area (Å²) in [6, 6.07) is 8.43. The first-order valence-corrected chi connectivity index (χ1v) is 6.47. The van der Waals surface area contributed by atoms with Gasteiger partial charge in [-0.2, -0.15) is 0 Å². The van der Waals surface area contributed by atoms with E-state index in [0.29, 0.717) is 0 Å². The number of fused-ring (bicyclic) bond motifs is 1. The van der Waals surface area contributed by atoms with Crippen LogP contribution in [0.3, 0.4) is 0 Å². The molecule has 0 unspecified atom stereocenters. The Balaban J connectivity index is 2.11. The third kappa shape index (κ3) is 1.21. The van der Waals surface area contributed by atoms with Crippen LogP contribution in [0, 0.1) is 5.41 Å². The summed E-state index contributed by atoms with van der Waals surface area (Å²) < 4.78 is 0. The molecule has 0 amide bonds. The molecule has 1 saturated carbocycles. The first-order valence-electron chi connectivity index (χ1n) is 6.47. The van der Waals surface area contributed by atoms with E-state index in [9.17, 15) is 5.11 Å². The lowest BCUT2D eigenvalue weighted by atomic mass is 9.61. The summed E-state index contributed by atoms with van der Waals surface area (Å²) in [7, 11) is 0. The van der Waals surface area contributed by atoms with Gasteiger partial charge in [0.1, 0.15) is 0 Å². The number of aliphatic hydroxyl groups is 1. The van der Waals surface area contributed by atoms with Crippen LogP contribution in [-0.4, -0.2) is 5.11 Å². The lowest BCUT2D eigenvalue weighted by molar-refractivity contribution is -0.0870. The molecule has 1 atom stereocenters. The fourth-order valence-corrected chi connectivity index (χ4v) is 3.90. The van der Waals surface area contributed by atoms with Gasteiger partial charge in [0, 0.05) is 5.41 Å². The highest BCUT2D eigenvalue weighted by molar-refractivity contribution is 5.37. The van der Waals surface area contributed by atoms with Crippen molar-refractivity contribution in [2.75, 3.05) is 0 Å². The average Bonchev–Trinajstić information content (AvgIpc) is 2.75. The molecule has 2 aliphatic carbocycles. The number of hydrogen-bond acceptors (Lipinski definition) is 1. The van der Waals surface area contributed by atoms with E-state index in [-0.39, 0.29) is 5.41 Å². The molecule has 0 aliphatic heterocycles. The van der Waals surface area contributed by atoms with Gasteiger partial charge in [0.2, 0.25) is 0 Å². The Labute approximate surface area is 97.5 Å². The first kappa shape index (κ1) is 10.3. The van der Waals surface area contributed by atoms with Crippen LogP contribution in [0.2, 0.25) is 0 Å². The van der Waals surface area contributed by atoms with Gasteiger partial charge in [0.05, 0.1) is 5.60 Å². The quantitative estimate of drug-likeness (QED) is 0.704. The molecule has 0 aromatic heterocycles. The third-order valence-corrected chi connectivity index (χ3v) is 5.01. The van der Waals surface area contributed by atoms with Gasteiger partial charge in [-0.15, -0.1) is 0 Å². The van der Waals surface area contributed by atoms with E-state index in [0.717, 1.165) is 12.8 Å². The van der Waals surface area contributed by atoms with Crippen LogP contribution in [-0.2, 0) is 12.0 Å². The van der Waals surface area contributed by atoms with E-state index in [2.05, 4.69) is 24.3 Å². The molecule has 3 rings (SSSR count). The zero-order valence-corrected chi connectivity index (χ0v) is 10.00. The monoisotopic (exact) mass is 216 g/mol. The zero-order chi connectivity index (χ0) is 11.2. The Bertz CT molecular complexity index is 400. The standard InChI is InChI=1S/C15H20O/c1-14(16)13-7-3-2-6-12(13)8-11-15(14)9-4-5-10-15/h2-3,6-7,16H,4-5,8-11H2,1H3/t14-/m1/s1. The summed E-state index contributed by atoms with van der Waals surface area (Å²) in [5.74, 6) is 0. The van der Waals surface area contributed by atoms with Gasteiger partial charge in [-0.3, -0.25) is 0 Å². The number of benzene rings is 1. The Morgan fingerprint density at radius 2 is 1.75 bits per heavy atom. The number of rotatable bonds is 0. The van der Waals surface area contributed by atoms with Crippen molar-refractivity contribution in [3.8, 4) is 0 Å². The molecule has 1 heteroatoms. The number of hydrogen-bond donors (Lipinski definition) is 1. The van der Waals surface area contributed by atoms with E-state index in [1.165, 1.54) is 36.8 Å². The van der Waals surface area contributed by atoms with Crippen molar-refractivity contribution in [2.45, 2.75) is 51.0 Å². The molecule has 1 N–H and O–H groups in total. The molecular formula is C15H20O. The molecule has 1 spiro atoms. The maximum absolute atomic E-state index is 11.0. The van der Waals surface area contributed by atoms with Crippen molar-refractivity contribution in [2.24, 2.45) is 5.41 Å². The van der Waals surface area contributed by atoms with Gasteiger partial charge in [-0.25, -0.2) is 0 Å². The number of aryl methyl sites for hydroxylation is 1. The Hall–Kier alpha value is -0.820. The molecule has 0 bridgehead atoms. The van der Waals surface area contributed by atoms with E-state index in [4.69, 9.17) is 0 Å². The Morgan fingerprint density at radius 1 is 1.06 bits per heavy atom. The van der Waals surface area contributed by atoms with Crippen LogP contribution in [0.5, 0.6) is 0 Å². The van der Waals surface area contributed by atoms with Crippen LogP contribution in [0.15, 0.2) is 24.3 Å². The maximum atomic E-state index is 11.0. The summed E-state index contributed by atoms with van der Waals surface area (Å²) in [6.07, 6.45) is 7.29. The van der Waals surface area contributed by atoms with Gasteiger partial charge in [-0.1, -0.05) is 37.1 Å². The molecule has 1 nitrogen and oxygen atoms in total. The smallest absolute Gasteiger partial charge is 0.0927 e. The van der Waals surface area contributed by atoms with Crippen molar-refractivity contribution in [1.82, 2.24) is 0 Å². The van der Waals surface area contributed by atoms with Gasteiger partial charge in [0.25, 0.3) is 0 Å². The second-order valence-corrected chi connectivity index (χ2v) is 5.72. The summed E-state index contributed by atoms with van der Waals surface area (Å²) in [5.41, 5.74) is 2.09. The molecule has 1 fully saturated rings. The SMILES string of the molecule is C[C@@]1(O)c2ccccc2CCC12CCCC2. The predicted molar refractivity (Wildman–Crippen MR) is 65.2 cm³/mol. The minimum Gasteiger partial charge on any atom is -0.385 e. The molecular weight excluding hydrogens is 196 g/mol. The highest BCUT2D eigenvalue weighted by Crippen LogP contribution is 2.57. The van der Waals surface area contributed by atoms with E-state index >= 15 is 0 Å². The van der Waals surface area contributed by atoms with Crippen molar-refractivity contribution in [3.05, 3.63) is 35.4 Å². The summed E-state index contributed by atoms with van der Waals surface area (Å²) in [6.45, 7) is 2.04. The molecule has 2 aliphatic rings. The van der Waals surface area contributed by atoms with Crippen LogP contribution in [0.1, 0.15) is 50.2 Å². The zero-order valence-electron chi connectivity index (χ0n) is 10.00. The van der Waals surface area contributed by atoms with Gasteiger partial charge >= 0.3 is 0 Å². The van der Waals surface area contributed by atoms with Crippen LogP contribution in [0.25, 0.3) is 0 Å². The topological polar surface area (TPSA) is 20.2 Å². The van der Waals surface area contributed by atoms with E-state index in [1.807, 2.05) is 6.92 Å². The van der Waals surface area contributed by atoms with Crippen LogP contribution >= 0.6 is 0 Å². The second kappa shape index (κ2) is 3.33. The van der Waals surface area contributed by atoms with Crippen LogP contribution < -0.4 is 0 Å². The minimum atomic E-state index is -0.613. The second-order valence-electron chi connectivity index (χ2n) is 5.72. The summed E-state index contributed by atoms with van der Waals surface area (Å²) in [5, 5.41) is 11.0. The van der Waals surface area contributed by atoms with Crippen molar-refractivity contribution in [3.63, 3.8) is 0 Å². The lowest BCUT2D eigenvalue weighted by Gasteiger charge is -2.47. The lowest BCUT2D eigenvalue weighted by Crippen LogP contribution is -2.45. The van der Waals surface area contributed by atoms with Crippen molar-refractivity contribution < 1.29 is 5.11 Å². The third-order valence-electron chi connectivity index (χ3n) is 5.01. The van der Waals surface area contributed by atoms with Crippen molar-refractivity contribution >= 4 is 0 Å². The maximum Gasteiger partial charge on any atom is 0.0927 e.